The van der Waals surface area contributed by atoms with Gasteiger partial charge in [0.2, 0.25) is 5.91 Å². The fourth-order valence-electron chi connectivity index (χ4n) is 1.37. The van der Waals surface area contributed by atoms with Crippen molar-refractivity contribution in [3.8, 4) is 0 Å². The zero-order chi connectivity index (χ0) is 14.8. The molecule has 5 nitrogen and oxygen atoms in total. The number of hydrogen-bond acceptors (Lipinski definition) is 4. The summed E-state index contributed by atoms with van der Waals surface area (Å²) in [6.45, 7) is 5.27. The van der Waals surface area contributed by atoms with Crippen molar-refractivity contribution in [3.05, 3.63) is 17.2 Å². The van der Waals surface area contributed by atoms with Gasteiger partial charge in [-0.25, -0.2) is 0 Å². The van der Waals surface area contributed by atoms with E-state index in [-0.39, 0.29) is 22.9 Å². The van der Waals surface area contributed by atoms with Gasteiger partial charge in [0.15, 0.2) is 0 Å². The van der Waals surface area contributed by atoms with Crippen LogP contribution in [0.1, 0.15) is 27.2 Å². The maximum absolute atomic E-state index is 11.8. The highest BCUT2D eigenvalue weighted by Gasteiger charge is 2.24. The minimum absolute atomic E-state index is 0.155. The molecule has 0 radical (unpaired) electrons. The molecule has 0 aliphatic carbocycles. The van der Waals surface area contributed by atoms with Crippen molar-refractivity contribution in [2.45, 2.75) is 27.2 Å². The third-order valence-corrected chi connectivity index (χ3v) is 2.98. The van der Waals surface area contributed by atoms with E-state index in [1.54, 1.807) is 20.8 Å². The minimum atomic E-state index is -0.560. The summed E-state index contributed by atoms with van der Waals surface area (Å²) in [7, 11) is 0. The average Bonchev–Trinajstić information content (AvgIpc) is 2.23. The molecule has 0 unspecified atom stereocenters. The molecule has 1 aromatic rings. The smallest absolute Gasteiger partial charge is 0.231 e. The molecular weight excluding hydrogens is 266 g/mol. The van der Waals surface area contributed by atoms with Gasteiger partial charge in [0.1, 0.15) is 5.78 Å². The molecule has 0 aliphatic heterocycles. The normalized spacial score (nSPS) is 11.2. The second-order valence-corrected chi connectivity index (χ2v) is 5.75. The monoisotopic (exact) mass is 283 g/mol. The minimum Gasteiger partial charge on any atom is -0.399 e. The van der Waals surface area contributed by atoms with Gasteiger partial charge in [0.25, 0.3) is 0 Å². The van der Waals surface area contributed by atoms with Gasteiger partial charge in [-0.05, 0) is 12.1 Å². The van der Waals surface area contributed by atoms with Gasteiger partial charge in [-0.1, -0.05) is 32.4 Å². The molecule has 0 spiro atoms. The summed E-state index contributed by atoms with van der Waals surface area (Å²) < 4.78 is 0. The number of Topliss-reactive ketones (excluding diaryl/α,β-unsaturated/α-hetero) is 1. The summed E-state index contributed by atoms with van der Waals surface area (Å²) in [5.41, 5.74) is 11.7. The van der Waals surface area contributed by atoms with Gasteiger partial charge < -0.3 is 16.8 Å². The van der Waals surface area contributed by atoms with E-state index >= 15 is 0 Å². The van der Waals surface area contributed by atoms with E-state index in [0.29, 0.717) is 11.4 Å². The standard InChI is InChI=1S/C13H18ClN3O2/c1-13(2,3)10(18)6-11(19)17-9-5-7(15)4-8(16)12(9)14/h4-5H,6,15-16H2,1-3H3,(H,17,19). The fourth-order valence-corrected chi connectivity index (χ4v) is 1.52. The maximum atomic E-state index is 11.8. The van der Waals surface area contributed by atoms with Gasteiger partial charge in [-0.3, -0.25) is 9.59 Å². The zero-order valence-corrected chi connectivity index (χ0v) is 12.0. The van der Waals surface area contributed by atoms with Crippen LogP contribution in [0.2, 0.25) is 5.02 Å². The highest BCUT2D eigenvalue weighted by Crippen LogP contribution is 2.31. The number of carbonyl (C=O) groups excluding carboxylic acids is 2. The predicted molar refractivity (Wildman–Crippen MR) is 78.0 cm³/mol. The van der Waals surface area contributed by atoms with Crippen LogP contribution in [-0.4, -0.2) is 11.7 Å². The van der Waals surface area contributed by atoms with Crippen molar-refractivity contribution in [3.63, 3.8) is 0 Å². The first kappa shape index (κ1) is 15.3. The molecule has 0 saturated carbocycles. The summed E-state index contributed by atoms with van der Waals surface area (Å²) in [6.07, 6.45) is -0.214. The summed E-state index contributed by atoms with van der Waals surface area (Å²) >= 11 is 5.96. The van der Waals surface area contributed by atoms with Gasteiger partial charge in [-0.2, -0.15) is 0 Å². The van der Waals surface area contributed by atoms with Crippen LogP contribution in [0.3, 0.4) is 0 Å². The number of halogens is 1. The molecule has 1 aromatic carbocycles. The lowest BCUT2D eigenvalue weighted by atomic mass is 9.89. The molecule has 0 aliphatic rings. The van der Waals surface area contributed by atoms with Crippen molar-refractivity contribution in [1.82, 2.24) is 0 Å². The van der Waals surface area contributed by atoms with Gasteiger partial charge >= 0.3 is 0 Å². The number of benzene rings is 1. The molecule has 1 rings (SSSR count). The number of amides is 1. The predicted octanol–water partition coefficient (Wildman–Crippen LogP) is 2.45. The number of carbonyl (C=O) groups is 2. The van der Waals surface area contributed by atoms with Crippen LogP contribution in [0.5, 0.6) is 0 Å². The summed E-state index contributed by atoms with van der Waals surface area (Å²) in [5, 5.41) is 2.76. The summed E-state index contributed by atoms with van der Waals surface area (Å²) in [4.78, 5) is 23.5. The van der Waals surface area contributed by atoms with E-state index < -0.39 is 11.3 Å². The number of ketones is 1. The third-order valence-electron chi connectivity index (χ3n) is 2.55. The number of rotatable bonds is 3. The Labute approximate surface area is 117 Å². The number of nitrogens with one attached hydrogen (secondary N) is 1. The molecule has 104 valence electrons. The Kier molecular flexibility index (Phi) is 4.42. The average molecular weight is 284 g/mol. The lowest BCUT2D eigenvalue weighted by Crippen LogP contribution is -2.26. The van der Waals surface area contributed by atoms with Crippen LogP contribution in [0.15, 0.2) is 12.1 Å². The van der Waals surface area contributed by atoms with Crippen molar-refractivity contribution in [2.75, 3.05) is 16.8 Å². The molecule has 0 bridgehead atoms. The van der Waals surface area contributed by atoms with Gasteiger partial charge in [0, 0.05) is 11.1 Å². The van der Waals surface area contributed by atoms with Crippen molar-refractivity contribution in [1.29, 1.82) is 0 Å². The van der Waals surface area contributed by atoms with E-state index in [1.165, 1.54) is 12.1 Å². The Morgan fingerprint density at radius 3 is 2.37 bits per heavy atom. The van der Waals surface area contributed by atoms with Crippen LogP contribution in [0.4, 0.5) is 17.1 Å². The van der Waals surface area contributed by atoms with E-state index in [4.69, 9.17) is 23.1 Å². The third kappa shape index (κ3) is 4.13. The van der Waals surface area contributed by atoms with Crippen molar-refractivity contribution in [2.24, 2.45) is 5.41 Å². The second-order valence-electron chi connectivity index (χ2n) is 5.37. The highest BCUT2D eigenvalue weighted by atomic mass is 35.5. The summed E-state index contributed by atoms with van der Waals surface area (Å²) in [5.74, 6) is -0.593. The largest absolute Gasteiger partial charge is 0.399 e. The molecule has 0 heterocycles. The van der Waals surface area contributed by atoms with Gasteiger partial charge in [0.05, 0.1) is 22.8 Å². The second kappa shape index (κ2) is 5.48. The molecular formula is C13H18ClN3O2. The Morgan fingerprint density at radius 1 is 1.26 bits per heavy atom. The van der Waals surface area contributed by atoms with Crippen LogP contribution < -0.4 is 16.8 Å². The Balaban J connectivity index is 2.81. The topological polar surface area (TPSA) is 98.2 Å². The Hall–Kier alpha value is -1.75. The molecule has 1 amide bonds. The van der Waals surface area contributed by atoms with Crippen LogP contribution in [0.25, 0.3) is 0 Å². The zero-order valence-electron chi connectivity index (χ0n) is 11.2. The Bertz CT molecular complexity index is 521. The first-order valence-corrected chi connectivity index (χ1v) is 6.16. The summed E-state index contributed by atoms with van der Waals surface area (Å²) in [6, 6.07) is 3.00. The molecule has 0 saturated heterocycles. The van der Waals surface area contributed by atoms with E-state index in [1.807, 2.05) is 0 Å². The maximum Gasteiger partial charge on any atom is 0.231 e. The van der Waals surface area contributed by atoms with Crippen molar-refractivity contribution >= 4 is 40.4 Å². The quantitative estimate of drug-likeness (QED) is 0.586. The highest BCUT2D eigenvalue weighted by molar-refractivity contribution is 6.36. The molecule has 0 aromatic heterocycles. The number of anilines is 3. The van der Waals surface area contributed by atoms with Crippen LogP contribution >= 0.6 is 11.6 Å². The van der Waals surface area contributed by atoms with E-state index in [9.17, 15) is 9.59 Å². The first-order chi connectivity index (χ1) is 8.61. The number of hydrogen-bond donors (Lipinski definition) is 3. The molecule has 0 atom stereocenters. The lowest BCUT2D eigenvalue weighted by molar-refractivity contribution is -0.130. The van der Waals surface area contributed by atoms with Crippen LogP contribution in [-0.2, 0) is 9.59 Å². The first-order valence-electron chi connectivity index (χ1n) is 5.79. The van der Waals surface area contributed by atoms with Crippen LogP contribution in [0, 0.1) is 5.41 Å². The molecule has 19 heavy (non-hydrogen) atoms. The molecule has 0 fully saturated rings. The molecule has 6 heteroatoms. The lowest BCUT2D eigenvalue weighted by Gasteiger charge is -2.16. The van der Waals surface area contributed by atoms with Crippen molar-refractivity contribution < 1.29 is 9.59 Å². The van der Waals surface area contributed by atoms with Gasteiger partial charge in [-0.15, -0.1) is 0 Å². The number of nitrogens with two attached hydrogens (primary N) is 2. The number of nitrogen functional groups attached to an aromatic ring is 2. The van der Waals surface area contributed by atoms with E-state index in [2.05, 4.69) is 5.32 Å². The Morgan fingerprint density at radius 2 is 1.84 bits per heavy atom. The SMILES string of the molecule is CC(C)(C)C(=O)CC(=O)Nc1cc(N)cc(N)c1Cl. The fraction of sp³-hybridized carbons (Fsp3) is 0.385. The molecule has 5 N–H and O–H groups in total. The van der Waals surface area contributed by atoms with E-state index in [0.717, 1.165) is 0 Å².